The van der Waals surface area contributed by atoms with Crippen molar-refractivity contribution in [1.82, 2.24) is 5.32 Å². The monoisotopic (exact) mass is 209 g/mol. The molecule has 1 aliphatic carbocycles. The number of esters is 1. The van der Waals surface area contributed by atoms with Crippen molar-refractivity contribution in [3.05, 3.63) is 12.2 Å². The van der Waals surface area contributed by atoms with Crippen molar-refractivity contribution >= 4 is 5.97 Å². The second-order valence-electron chi connectivity index (χ2n) is 4.41. The molecule has 1 saturated carbocycles. The van der Waals surface area contributed by atoms with Crippen molar-refractivity contribution in [2.24, 2.45) is 5.41 Å². The SMILES string of the molecule is CCOC(=O)[C@@]12CC=CCN[C@H]1CCC2. The summed E-state index contributed by atoms with van der Waals surface area (Å²) in [5.41, 5.74) is -0.275. The maximum Gasteiger partial charge on any atom is 0.313 e. The van der Waals surface area contributed by atoms with E-state index in [1.165, 1.54) is 0 Å². The smallest absolute Gasteiger partial charge is 0.313 e. The van der Waals surface area contributed by atoms with E-state index in [0.717, 1.165) is 32.2 Å². The third kappa shape index (κ3) is 1.81. The van der Waals surface area contributed by atoms with Gasteiger partial charge in [-0.25, -0.2) is 0 Å². The number of ether oxygens (including phenoxy) is 1. The molecule has 1 heterocycles. The van der Waals surface area contributed by atoms with Crippen LogP contribution in [0.3, 0.4) is 0 Å². The first-order valence-corrected chi connectivity index (χ1v) is 5.85. The van der Waals surface area contributed by atoms with Crippen LogP contribution in [0.4, 0.5) is 0 Å². The minimum Gasteiger partial charge on any atom is -0.466 e. The second-order valence-corrected chi connectivity index (χ2v) is 4.41. The van der Waals surface area contributed by atoms with Crippen molar-refractivity contribution in [3.63, 3.8) is 0 Å². The van der Waals surface area contributed by atoms with Crippen LogP contribution in [0.15, 0.2) is 12.2 Å². The summed E-state index contributed by atoms with van der Waals surface area (Å²) in [6.45, 7) is 3.24. The van der Waals surface area contributed by atoms with Gasteiger partial charge in [0.05, 0.1) is 12.0 Å². The Labute approximate surface area is 90.9 Å². The van der Waals surface area contributed by atoms with Crippen LogP contribution in [-0.2, 0) is 9.53 Å². The highest BCUT2D eigenvalue weighted by atomic mass is 16.5. The molecular formula is C12H19NO2. The zero-order valence-corrected chi connectivity index (χ0v) is 9.29. The second kappa shape index (κ2) is 4.35. The van der Waals surface area contributed by atoms with Gasteiger partial charge >= 0.3 is 5.97 Å². The standard InChI is InChI=1S/C12H19NO2/c1-2-15-11(14)12-7-3-4-9-13-10(12)6-5-8-12/h3-4,10,13H,2,5-9H2,1H3/t10-,12+/m0/s1. The molecule has 0 radical (unpaired) electrons. The molecule has 3 heteroatoms. The number of hydrogen-bond donors (Lipinski definition) is 1. The van der Waals surface area contributed by atoms with E-state index in [9.17, 15) is 4.79 Å². The predicted octanol–water partition coefficient (Wildman–Crippen LogP) is 1.64. The zero-order valence-electron chi connectivity index (χ0n) is 9.29. The summed E-state index contributed by atoms with van der Waals surface area (Å²) in [6.07, 6.45) is 8.26. The van der Waals surface area contributed by atoms with Crippen molar-refractivity contribution in [3.8, 4) is 0 Å². The van der Waals surface area contributed by atoms with Gasteiger partial charge in [-0.05, 0) is 26.2 Å². The Kier molecular flexibility index (Phi) is 3.10. The molecule has 0 bridgehead atoms. The quantitative estimate of drug-likeness (QED) is 0.555. The molecule has 84 valence electrons. The van der Waals surface area contributed by atoms with Gasteiger partial charge in [0.25, 0.3) is 0 Å². The Morgan fingerprint density at radius 2 is 2.47 bits per heavy atom. The number of fused-ring (bicyclic) bond motifs is 1. The van der Waals surface area contributed by atoms with Crippen LogP contribution in [-0.4, -0.2) is 25.2 Å². The van der Waals surface area contributed by atoms with Gasteiger partial charge < -0.3 is 10.1 Å². The fourth-order valence-electron chi connectivity index (χ4n) is 2.80. The molecule has 0 unspecified atom stereocenters. The molecule has 2 aliphatic rings. The van der Waals surface area contributed by atoms with Crippen molar-refractivity contribution in [2.75, 3.05) is 13.2 Å². The molecule has 15 heavy (non-hydrogen) atoms. The van der Waals surface area contributed by atoms with Crippen molar-refractivity contribution in [2.45, 2.75) is 38.6 Å². The third-order valence-corrected chi connectivity index (χ3v) is 3.60. The maximum absolute atomic E-state index is 12.1. The number of rotatable bonds is 2. The highest BCUT2D eigenvalue weighted by Crippen LogP contribution is 2.43. The van der Waals surface area contributed by atoms with Crippen LogP contribution in [0, 0.1) is 5.41 Å². The normalized spacial score (nSPS) is 34.6. The molecule has 1 aliphatic heterocycles. The lowest BCUT2D eigenvalue weighted by molar-refractivity contribution is -0.156. The average molecular weight is 209 g/mol. The van der Waals surface area contributed by atoms with Gasteiger partial charge in [0.15, 0.2) is 0 Å². The highest BCUT2D eigenvalue weighted by molar-refractivity contribution is 5.78. The summed E-state index contributed by atoms with van der Waals surface area (Å²) in [4.78, 5) is 12.1. The first-order chi connectivity index (χ1) is 7.29. The summed E-state index contributed by atoms with van der Waals surface area (Å²) in [5.74, 6) is -0.00782. The lowest BCUT2D eigenvalue weighted by atomic mass is 9.79. The highest BCUT2D eigenvalue weighted by Gasteiger charge is 2.49. The Hall–Kier alpha value is -0.830. The largest absolute Gasteiger partial charge is 0.466 e. The fraction of sp³-hybridized carbons (Fsp3) is 0.750. The van der Waals surface area contributed by atoms with Gasteiger partial charge in [-0.3, -0.25) is 4.79 Å². The predicted molar refractivity (Wildman–Crippen MR) is 58.5 cm³/mol. The number of nitrogens with one attached hydrogen (secondary N) is 1. The summed E-state index contributed by atoms with van der Waals surface area (Å²) < 4.78 is 5.23. The van der Waals surface area contributed by atoms with Gasteiger partial charge in [-0.15, -0.1) is 0 Å². The van der Waals surface area contributed by atoms with Gasteiger partial charge in [0, 0.05) is 12.6 Å². The molecule has 0 aromatic heterocycles. The van der Waals surface area contributed by atoms with Crippen molar-refractivity contribution < 1.29 is 9.53 Å². The first kappa shape index (κ1) is 10.7. The Bertz CT molecular complexity index is 275. The zero-order chi connectivity index (χ0) is 10.7. The molecule has 1 fully saturated rings. The third-order valence-electron chi connectivity index (χ3n) is 3.60. The number of allylic oxidation sites excluding steroid dienone is 1. The minimum atomic E-state index is -0.275. The van der Waals surface area contributed by atoms with E-state index in [1.807, 2.05) is 6.92 Å². The Morgan fingerprint density at radius 1 is 1.60 bits per heavy atom. The minimum absolute atomic E-state index is 0.00782. The summed E-state index contributed by atoms with van der Waals surface area (Å²) in [5, 5.41) is 3.44. The Balaban J connectivity index is 2.19. The first-order valence-electron chi connectivity index (χ1n) is 5.85. The van der Waals surface area contributed by atoms with E-state index in [0.29, 0.717) is 12.6 Å². The summed E-state index contributed by atoms with van der Waals surface area (Å²) >= 11 is 0. The number of carbonyl (C=O) groups excluding carboxylic acids is 1. The fourth-order valence-corrected chi connectivity index (χ4v) is 2.80. The van der Waals surface area contributed by atoms with E-state index >= 15 is 0 Å². The van der Waals surface area contributed by atoms with Crippen LogP contribution in [0.2, 0.25) is 0 Å². The maximum atomic E-state index is 12.1. The molecular weight excluding hydrogens is 190 g/mol. The topological polar surface area (TPSA) is 38.3 Å². The number of carbonyl (C=O) groups is 1. The molecule has 0 saturated heterocycles. The van der Waals surface area contributed by atoms with Crippen LogP contribution >= 0.6 is 0 Å². The van der Waals surface area contributed by atoms with E-state index in [4.69, 9.17) is 4.74 Å². The van der Waals surface area contributed by atoms with Gasteiger partial charge in [-0.2, -0.15) is 0 Å². The van der Waals surface area contributed by atoms with E-state index in [-0.39, 0.29) is 11.4 Å². The Morgan fingerprint density at radius 3 is 3.27 bits per heavy atom. The van der Waals surface area contributed by atoms with E-state index in [2.05, 4.69) is 17.5 Å². The molecule has 0 aromatic rings. The summed E-state index contributed by atoms with van der Waals surface area (Å²) in [7, 11) is 0. The van der Waals surface area contributed by atoms with Gasteiger partial charge in [0.1, 0.15) is 0 Å². The summed E-state index contributed by atoms with van der Waals surface area (Å²) in [6, 6.07) is 0.312. The lowest BCUT2D eigenvalue weighted by Gasteiger charge is -2.31. The van der Waals surface area contributed by atoms with Crippen LogP contribution in [0.5, 0.6) is 0 Å². The number of hydrogen-bond acceptors (Lipinski definition) is 3. The molecule has 1 N–H and O–H groups in total. The molecule has 0 spiro atoms. The van der Waals surface area contributed by atoms with E-state index < -0.39 is 0 Å². The van der Waals surface area contributed by atoms with Crippen LogP contribution in [0.25, 0.3) is 0 Å². The van der Waals surface area contributed by atoms with Crippen LogP contribution < -0.4 is 5.32 Å². The lowest BCUT2D eigenvalue weighted by Crippen LogP contribution is -2.46. The van der Waals surface area contributed by atoms with Crippen LogP contribution in [0.1, 0.15) is 32.6 Å². The molecule has 2 atom stereocenters. The molecule has 0 amide bonds. The average Bonchev–Trinajstić information content (AvgIpc) is 2.53. The molecule has 0 aromatic carbocycles. The van der Waals surface area contributed by atoms with Crippen molar-refractivity contribution in [1.29, 1.82) is 0 Å². The van der Waals surface area contributed by atoms with Gasteiger partial charge in [0.2, 0.25) is 0 Å². The van der Waals surface area contributed by atoms with Gasteiger partial charge in [-0.1, -0.05) is 18.6 Å². The molecule has 2 rings (SSSR count). The van der Waals surface area contributed by atoms with E-state index in [1.54, 1.807) is 0 Å². The molecule has 3 nitrogen and oxygen atoms in total.